The van der Waals surface area contributed by atoms with Crippen molar-refractivity contribution in [1.29, 1.82) is 0 Å². The molecule has 0 saturated carbocycles. The molecule has 5 nitrogen and oxygen atoms in total. The highest BCUT2D eigenvalue weighted by Gasteiger charge is 2.26. The molecular formula is C23H28O5. The van der Waals surface area contributed by atoms with Crippen LogP contribution >= 0.6 is 0 Å². The van der Waals surface area contributed by atoms with Gasteiger partial charge in [0.25, 0.3) is 0 Å². The molecule has 0 bridgehead atoms. The van der Waals surface area contributed by atoms with Gasteiger partial charge in [-0.1, -0.05) is 13.8 Å². The van der Waals surface area contributed by atoms with Crippen molar-refractivity contribution in [3.63, 3.8) is 0 Å². The summed E-state index contributed by atoms with van der Waals surface area (Å²) in [5.74, 6) is -0.866. The predicted molar refractivity (Wildman–Crippen MR) is 109 cm³/mol. The van der Waals surface area contributed by atoms with Crippen molar-refractivity contribution in [2.45, 2.75) is 61.3 Å². The van der Waals surface area contributed by atoms with E-state index >= 15 is 0 Å². The Hall–Kier alpha value is -2.82. The monoisotopic (exact) mass is 384 g/mol. The van der Waals surface area contributed by atoms with E-state index < -0.39 is 11.9 Å². The molecule has 0 aromatic heterocycles. The summed E-state index contributed by atoms with van der Waals surface area (Å²) in [7, 11) is 0. The number of carbonyl (C=O) groups is 2. The Morgan fingerprint density at radius 1 is 0.857 bits per heavy atom. The van der Waals surface area contributed by atoms with E-state index in [-0.39, 0.29) is 11.3 Å². The summed E-state index contributed by atoms with van der Waals surface area (Å²) < 4.78 is 5.88. The first kappa shape index (κ1) is 21.5. The molecule has 0 unspecified atom stereocenters. The Labute approximate surface area is 166 Å². The Morgan fingerprint density at radius 3 is 1.79 bits per heavy atom. The van der Waals surface area contributed by atoms with E-state index in [1.807, 2.05) is 13.8 Å². The van der Waals surface area contributed by atoms with E-state index in [1.54, 1.807) is 40.7 Å². The minimum absolute atomic E-state index is 0.146. The van der Waals surface area contributed by atoms with Crippen molar-refractivity contribution in [2.75, 3.05) is 0 Å². The minimum atomic E-state index is -0.974. The van der Waals surface area contributed by atoms with Gasteiger partial charge < -0.3 is 14.9 Å². The summed E-state index contributed by atoms with van der Waals surface area (Å²) in [6.45, 7) is 12.6. The highest BCUT2D eigenvalue weighted by molar-refractivity contribution is 5.96. The van der Waals surface area contributed by atoms with Crippen LogP contribution in [0.1, 0.15) is 73.5 Å². The standard InChI is InChI=1S/C23H28O5/c1-8-16-14(6)20(22(25)26)15(7)17(9-2)21(16)28-23(27)19-11(3)10-18(24)12(4)13(19)5/h10,24H,8-9H2,1-7H3,(H,25,26). The molecule has 2 rings (SSSR count). The lowest BCUT2D eigenvalue weighted by atomic mass is 9.89. The number of esters is 1. The maximum absolute atomic E-state index is 13.1. The normalized spacial score (nSPS) is 10.8. The van der Waals surface area contributed by atoms with Crippen molar-refractivity contribution >= 4 is 11.9 Å². The highest BCUT2D eigenvalue weighted by atomic mass is 16.5. The summed E-state index contributed by atoms with van der Waals surface area (Å²) in [6.07, 6.45) is 1.10. The van der Waals surface area contributed by atoms with Crippen LogP contribution in [-0.2, 0) is 12.8 Å². The highest BCUT2D eigenvalue weighted by Crippen LogP contribution is 2.36. The third-order valence-electron chi connectivity index (χ3n) is 5.59. The third kappa shape index (κ3) is 3.49. The molecule has 0 heterocycles. The summed E-state index contributed by atoms with van der Waals surface area (Å²) in [5.41, 5.74) is 5.38. The second-order valence-corrected chi connectivity index (χ2v) is 7.15. The first-order valence-corrected chi connectivity index (χ1v) is 9.46. The number of aromatic carboxylic acids is 1. The number of hydrogen-bond donors (Lipinski definition) is 2. The maximum Gasteiger partial charge on any atom is 0.344 e. The molecule has 5 heteroatoms. The van der Waals surface area contributed by atoms with E-state index in [1.165, 1.54) is 0 Å². The van der Waals surface area contributed by atoms with Gasteiger partial charge >= 0.3 is 11.9 Å². The predicted octanol–water partition coefficient (Wildman–Crippen LogP) is 4.98. The molecule has 0 aliphatic heterocycles. The number of carboxylic acid groups (broad SMARTS) is 1. The zero-order valence-electron chi connectivity index (χ0n) is 17.6. The van der Waals surface area contributed by atoms with Gasteiger partial charge in [-0.15, -0.1) is 0 Å². The van der Waals surface area contributed by atoms with Crippen LogP contribution in [0.5, 0.6) is 11.5 Å². The van der Waals surface area contributed by atoms with E-state index in [0.29, 0.717) is 52.0 Å². The molecule has 0 aliphatic carbocycles. The molecule has 2 aromatic carbocycles. The second-order valence-electron chi connectivity index (χ2n) is 7.15. The number of carbonyl (C=O) groups excluding carboxylic acids is 1. The number of aromatic hydroxyl groups is 1. The number of benzene rings is 2. The number of phenolic OH excluding ortho intramolecular Hbond substituents is 1. The average Bonchev–Trinajstić information content (AvgIpc) is 2.60. The van der Waals surface area contributed by atoms with Crippen LogP contribution in [-0.4, -0.2) is 22.2 Å². The summed E-state index contributed by atoms with van der Waals surface area (Å²) in [4.78, 5) is 24.8. The van der Waals surface area contributed by atoms with Gasteiger partial charge in [-0.05, 0) is 92.5 Å². The van der Waals surface area contributed by atoms with Crippen LogP contribution < -0.4 is 4.74 Å². The van der Waals surface area contributed by atoms with Gasteiger partial charge in [0.15, 0.2) is 0 Å². The number of aryl methyl sites for hydroxylation is 1. The van der Waals surface area contributed by atoms with E-state index in [2.05, 4.69) is 0 Å². The molecule has 0 saturated heterocycles. The topological polar surface area (TPSA) is 83.8 Å². The fraction of sp³-hybridized carbons (Fsp3) is 0.391. The fourth-order valence-electron chi connectivity index (χ4n) is 3.92. The van der Waals surface area contributed by atoms with Gasteiger partial charge in [0.1, 0.15) is 11.5 Å². The van der Waals surface area contributed by atoms with Crippen molar-refractivity contribution in [3.05, 3.63) is 56.1 Å². The number of hydrogen-bond acceptors (Lipinski definition) is 4. The Kier molecular flexibility index (Phi) is 6.17. The third-order valence-corrected chi connectivity index (χ3v) is 5.59. The molecular weight excluding hydrogens is 356 g/mol. The molecule has 150 valence electrons. The van der Waals surface area contributed by atoms with Gasteiger partial charge in [-0.25, -0.2) is 9.59 Å². The van der Waals surface area contributed by atoms with Crippen molar-refractivity contribution in [1.82, 2.24) is 0 Å². The van der Waals surface area contributed by atoms with Gasteiger partial charge in [0.2, 0.25) is 0 Å². The molecule has 2 aromatic rings. The second kappa shape index (κ2) is 8.05. The number of phenols is 1. The van der Waals surface area contributed by atoms with Gasteiger partial charge in [0.05, 0.1) is 11.1 Å². The van der Waals surface area contributed by atoms with E-state index in [9.17, 15) is 19.8 Å². The molecule has 2 N–H and O–H groups in total. The average molecular weight is 384 g/mol. The fourth-order valence-corrected chi connectivity index (χ4v) is 3.92. The molecule has 28 heavy (non-hydrogen) atoms. The van der Waals surface area contributed by atoms with Gasteiger partial charge in [-0.2, -0.15) is 0 Å². The Bertz CT molecular complexity index is 939. The van der Waals surface area contributed by atoms with Crippen molar-refractivity contribution in [2.24, 2.45) is 0 Å². The van der Waals surface area contributed by atoms with Crippen molar-refractivity contribution in [3.8, 4) is 11.5 Å². The summed E-state index contributed by atoms with van der Waals surface area (Å²) >= 11 is 0. The number of rotatable bonds is 5. The maximum atomic E-state index is 13.1. The van der Waals surface area contributed by atoms with Crippen LogP contribution in [0.2, 0.25) is 0 Å². The SMILES string of the molecule is CCc1c(C)c(C(=O)O)c(C)c(CC)c1OC(=O)c1c(C)cc(O)c(C)c1C. The van der Waals surface area contributed by atoms with Crippen LogP contribution in [0.3, 0.4) is 0 Å². The minimum Gasteiger partial charge on any atom is -0.508 e. The number of carboxylic acids is 1. The van der Waals surface area contributed by atoms with Crippen molar-refractivity contribution < 1.29 is 24.5 Å². The number of ether oxygens (including phenoxy) is 1. The largest absolute Gasteiger partial charge is 0.508 e. The van der Waals surface area contributed by atoms with Crippen LogP contribution in [0.15, 0.2) is 6.07 Å². The molecule has 0 fully saturated rings. The zero-order chi connectivity index (χ0) is 21.3. The molecule has 0 atom stereocenters. The van der Waals surface area contributed by atoms with E-state index in [4.69, 9.17) is 4.74 Å². The van der Waals surface area contributed by atoms with Crippen LogP contribution in [0.25, 0.3) is 0 Å². The molecule has 0 aliphatic rings. The molecule has 0 amide bonds. The first-order chi connectivity index (χ1) is 13.1. The first-order valence-electron chi connectivity index (χ1n) is 9.46. The lowest BCUT2D eigenvalue weighted by molar-refractivity contribution is 0.0694. The van der Waals surface area contributed by atoms with E-state index in [0.717, 1.165) is 11.1 Å². The lowest BCUT2D eigenvalue weighted by Gasteiger charge is -2.21. The molecule has 0 spiro atoms. The van der Waals surface area contributed by atoms with Gasteiger partial charge in [0, 0.05) is 0 Å². The van der Waals surface area contributed by atoms with Crippen LogP contribution in [0, 0.1) is 34.6 Å². The smallest absolute Gasteiger partial charge is 0.344 e. The Balaban J connectivity index is 2.69. The summed E-state index contributed by atoms with van der Waals surface area (Å²) in [5, 5.41) is 19.6. The zero-order valence-corrected chi connectivity index (χ0v) is 17.6. The molecule has 0 radical (unpaired) electrons. The lowest BCUT2D eigenvalue weighted by Crippen LogP contribution is -2.18. The quantitative estimate of drug-likeness (QED) is 0.561. The van der Waals surface area contributed by atoms with Gasteiger partial charge in [-0.3, -0.25) is 0 Å². The summed E-state index contributed by atoms with van der Waals surface area (Å²) in [6, 6.07) is 1.56. The Morgan fingerprint density at radius 2 is 1.36 bits per heavy atom. The van der Waals surface area contributed by atoms with Crippen LogP contribution in [0.4, 0.5) is 0 Å².